The molecular weight excluding hydrogens is 475 g/mol. The number of anilines is 2. The summed E-state index contributed by atoms with van der Waals surface area (Å²) in [7, 11) is 0. The van der Waals surface area contributed by atoms with Gasteiger partial charge < -0.3 is 9.88 Å². The van der Waals surface area contributed by atoms with Crippen LogP contribution >= 0.6 is 0 Å². The topological polar surface area (TPSA) is 101 Å². The van der Waals surface area contributed by atoms with E-state index in [9.17, 15) is 23.6 Å². The minimum Gasteiger partial charge on any atom is -0.337 e. The van der Waals surface area contributed by atoms with E-state index in [4.69, 9.17) is 0 Å². The number of rotatable bonds is 5. The Balaban J connectivity index is 1.47. The molecule has 3 aromatic carbocycles. The summed E-state index contributed by atoms with van der Waals surface area (Å²) < 4.78 is 14.8. The molecule has 2 N–H and O–H groups in total. The van der Waals surface area contributed by atoms with Crippen LogP contribution in [0.2, 0.25) is 0 Å². The van der Waals surface area contributed by atoms with Gasteiger partial charge in [-0.3, -0.25) is 19.7 Å². The van der Waals surface area contributed by atoms with Crippen molar-refractivity contribution >= 4 is 52.1 Å². The Labute approximate surface area is 211 Å². The maximum Gasteiger partial charge on any atom is 0.335 e. The first kappa shape index (κ1) is 23.7. The van der Waals surface area contributed by atoms with Gasteiger partial charge in [-0.25, -0.2) is 14.1 Å². The van der Waals surface area contributed by atoms with E-state index < -0.39 is 23.7 Å². The molecule has 1 aromatic heterocycles. The molecule has 0 saturated carbocycles. The number of fused-ring (bicyclic) bond motifs is 1. The first-order chi connectivity index (χ1) is 17.8. The second-order valence-corrected chi connectivity index (χ2v) is 8.58. The summed E-state index contributed by atoms with van der Waals surface area (Å²) in [6.07, 6.45) is 3.08. The van der Waals surface area contributed by atoms with Gasteiger partial charge in [-0.1, -0.05) is 35.9 Å². The number of amides is 5. The number of aryl methyl sites for hydroxylation is 1. The van der Waals surface area contributed by atoms with Crippen molar-refractivity contribution in [3.63, 3.8) is 0 Å². The average molecular weight is 496 g/mol. The summed E-state index contributed by atoms with van der Waals surface area (Å²) >= 11 is 0. The largest absolute Gasteiger partial charge is 0.337 e. The van der Waals surface area contributed by atoms with Crippen molar-refractivity contribution in [3.05, 3.63) is 102 Å². The lowest BCUT2D eigenvalue weighted by Gasteiger charge is -2.26. The van der Waals surface area contributed by atoms with Crippen molar-refractivity contribution in [1.82, 2.24) is 9.88 Å². The van der Waals surface area contributed by atoms with Gasteiger partial charge in [0.25, 0.3) is 11.8 Å². The van der Waals surface area contributed by atoms with Gasteiger partial charge in [0.05, 0.1) is 5.69 Å². The summed E-state index contributed by atoms with van der Waals surface area (Å²) in [5.41, 5.74) is 2.78. The molecule has 8 nitrogen and oxygen atoms in total. The molecule has 5 rings (SSSR count). The van der Waals surface area contributed by atoms with Crippen molar-refractivity contribution in [3.8, 4) is 0 Å². The number of benzene rings is 3. The number of imide groups is 2. The molecule has 9 heteroatoms. The highest BCUT2D eigenvalue weighted by molar-refractivity contribution is 6.39. The van der Waals surface area contributed by atoms with Crippen molar-refractivity contribution in [2.24, 2.45) is 0 Å². The van der Waals surface area contributed by atoms with Crippen molar-refractivity contribution in [2.45, 2.75) is 13.5 Å². The minimum absolute atomic E-state index is 0.0603. The number of carbonyl (C=O) groups is 4. The number of carbonyl (C=O) groups excluding carboxylic acids is 4. The highest BCUT2D eigenvalue weighted by Gasteiger charge is 2.37. The van der Waals surface area contributed by atoms with E-state index in [1.807, 2.05) is 25.1 Å². The van der Waals surface area contributed by atoms with Gasteiger partial charge in [0, 0.05) is 28.4 Å². The number of urea groups is 1. The number of hydrogen-bond donors (Lipinski definition) is 2. The first-order valence-corrected chi connectivity index (χ1v) is 11.4. The van der Waals surface area contributed by atoms with Crippen LogP contribution in [0.5, 0.6) is 0 Å². The van der Waals surface area contributed by atoms with Gasteiger partial charge in [-0.2, -0.15) is 0 Å². The van der Waals surface area contributed by atoms with Crippen LogP contribution in [0.15, 0.2) is 84.6 Å². The van der Waals surface area contributed by atoms with Gasteiger partial charge >= 0.3 is 6.03 Å². The Morgan fingerprint density at radius 1 is 0.973 bits per heavy atom. The molecule has 1 saturated heterocycles. The number of barbiturate groups is 1. The molecule has 1 fully saturated rings. The summed E-state index contributed by atoms with van der Waals surface area (Å²) in [6, 6.07) is 18.6. The molecule has 4 aromatic rings. The van der Waals surface area contributed by atoms with Crippen LogP contribution in [0.25, 0.3) is 17.0 Å². The van der Waals surface area contributed by atoms with Gasteiger partial charge in [0.15, 0.2) is 0 Å². The Bertz CT molecular complexity index is 1590. The zero-order valence-electron chi connectivity index (χ0n) is 19.7. The summed E-state index contributed by atoms with van der Waals surface area (Å²) in [5.74, 6) is -2.29. The standard InChI is InChI=1S/C28H21FN4O4/c1-17-6-12-21(13-7-17)33-27(36)23(26(35)31-28(33)37)14-18-15-32(24-5-3-2-4-22(18)24)16-25(34)30-20-10-8-19(29)9-11-20/h2-15H,16H2,1H3,(H,30,34)(H,31,35,37). The minimum atomic E-state index is -0.823. The van der Waals surface area contributed by atoms with Crippen LogP contribution in [0, 0.1) is 12.7 Å². The molecule has 0 atom stereocenters. The zero-order chi connectivity index (χ0) is 26.1. The van der Waals surface area contributed by atoms with Gasteiger partial charge in [0.2, 0.25) is 5.91 Å². The van der Waals surface area contributed by atoms with Crippen molar-refractivity contribution in [1.29, 1.82) is 0 Å². The highest BCUT2D eigenvalue weighted by atomic mass is 19.1. The molecular formula is C28H21FN4O4. The average Bonchev–Trinajstić information content (AvgIpc) is 3.21. The number of para-hydroxylation sites is 1. The first-order valence-electron chi connectivity index (χ1n) is 11.4. The lowest BCUT2D eigenvalue weighted by Crippen LogP contribution is -2.54. The molecule has 0 unspecified atom stereocenters. The van der Waals surface area contributed by atoms with E-state index in [2.05, 4.69) is 10.6 Å². The molecule has 0 spiro atoms. The van der Waals surface area contributed by atoms with E-state index in [1.54, 1.807) is 41.1 Å². The molecule has 1 aliphatic heterocycles. The Hall–Kier alpha value is -5.05. The molecule has 0 aliphatic carbocycles. The van der Waals surface area contributed by atoms with Gasteiger partial charge in [-0.05, 0) is 55.5 Å². The summed E-state index contributed by atoms with van der Waals surface area (Å²) in [6.45, 7) is 1.82. The third kappa shape index (κ3) is 4.74. The van der Waals surface area contributed by atoms with E-state index in [-0.39, 0.29) is 18.0 Å². The highest BCUT2D eigenvalue weighted by Crippen LogP contribution is 2.27. The fraction of sp³-hybridized carbons (Fsp3) is 0.0714. The maximum absolute atomic E-state index is 13.3. The quantitative estimate of drug-likeness (QED) is 0.316. The third-order valence-corrected chi connectivity index (χ3v) is 5.96. The number of hydrogen-bond acceptors (Lipinski definition) is 4. The Morgan fingerprint density at radius 2 is 1.68 bits per heavy atom. The van der Waals surface area contributed by atoms with E-state index in [0.717, 1.165) is 10.5 Å². The second-order valence-electron chi connectivity index (χ2n) is 8.58. The van der Waals surface area contributed by atoms with E-state index >= 15 is 0 Å². The smallest absolute Gasteiger partial charge is 0.335 e. The lowest BCUT2D eigenvalue weighted by molar-refractivity contribution is -0.122. The number of halogens is 1. The van der Waals surface area contributed by atoms with Crippen LogP contribution in [0.3, 0.4) is 0 Å². The number of nitrogens with zero attached hydrogens (tertiary/aromatic N) is 2. The van der Waals surface area contributed by atoms with Crippen LogP contribution in [-0.4, -0.2) is 28.3 Å². The normalized spacial score (nSPS) is 14.8. The van der Waals surface area contributed by atoms with Gasteiger partial charge in [-0.15, -0.1) is 0 Å². The number of aromatic nitrogens is 1. The zero-order valence-corrected chi connectivity index (χ0v) is 19.7. The van der Waals surface area contributed by atoms with E-state index in [0.29, 0.717) is 27.8 Å². The lowest BCUT2D eigenvalue weighted by atomic mass is 10.1. The molecule has 184 valence electrons. The van der Waals surface area contributed by atoms with Crippen molar-refractivity contribution in [2.75, 3.05) is 10.2 Å². The molecule has 37 heavy (non-hydrogen) atoms. The maximum atomic E-state index is 13.3. The molecule has 2 heterocycles. The summed E-state index contributed by atoms with van der Waals surface area (Å²) in [4.78, 5) is 52.0. The molecule has 5 amide bonds. The van der Waals surface area contributed by atoms with Crippen LogP contribution in [0.1, 0.15) is 11.1 Å². The molecule has 0 bridgehead atoms. The van der Waals surface area contributed by atoms with E-state index in [1.165, 1.54) is 30.3 Å². The van der Waals surface area contributed by atoms with Crippen LogP contribution in [-0.2, 0) is 20.9 Å². The number of nitrogens with one attached hydrogen (secondary N) is 2. The van der Waals surface area contributed by atoms with Crippen LogP contribution in [0.4, 0.5) is 20.6 Å². The summed E-state index contributed by atoms with van der Waals surface area (Å²) in [5, 5.41) is 5.65. The fourth-order valence-electron chi connectivity index (χ4n) is 4.15. The Kier molecular flexibility index (Phi) is 6.10. The monoisotopic (exact) mass is 496 g/mol. The molecule has 0 radical (unpaired) electrons. The Morgan fingerprint density at radius 3 is 2.41 bits per heavy atom. The third-order valence-electron chi connectivity index (χ3n) is 5.96. The van der Waals surface area contributed by atoms with Gasteiger partial charge in [0.1, 0.15) is 17.9 Å². The second kappa shape index (κ2) is 9.54. The van der Waals surface area contributed by atoms with Crippen LogP contribution < -0.4 is 15.5 Å². The predicted octanol–water partition coefficient (Wildman–Crippen LogP) is 4.39. The SMILES string of the molecule is Cc1ccc(N2C(=O)NC(=O)C(=Cc3cn(CC(=O)Nc4ccc(F)cc4)c4ccccc34)C2=O)cc1. The molecule has 1 aliphatic rings. The predicted molar refractivity (Wildman–Crippen MR) is 137 cm³/mol. The fourth-order valence-corrected chi connectivity index (χ4v) is 4.15. The van der Waals surface area contributed by atoms with Crippen molar-refractivity contribution < 1.29 is 23.6 Å².